The van der Waals surface area contributed by atoms with E-state index in [-0.39, 0.29) is 11.9 Å². The minimum atomic E-state index is -0.144. The van der Waals surface area contributed by atoms with E-state index in [0.717, 1.165) is 5.56 Å². The fraction of sp³-hybridized carbons (Fsp3) is 0.333. The predicted octanol–water partition coefficient (Wildman–Crippen LogP) is 2.87. The van der Waals surface area contributed by atoms with Gasteiger partial charge in [-0.25, -0.2) is 0 Å². The lowest BCUT2D eigenvalue weighted by Gasteiger charge is -2.10. The molecule has 4 nitrogen and oxygen atoms in total. The number of amides is 1. The Kier molecular flexibility index (Phi) is 3.07. The molecule has 19 heavy (non-hydrogen) atoms. The second-order valence-electron chi connectivity index (χ2n) is 5.01. The van der Waals surface area contributed by atoms with Crippen LogP contribution in [0.5, 0.6) is 0 Å². The summed E-state index contributed by atoms with van der Waals surface area (Å²) in [5.41, 5.74) is 0.872. The highest BCUT2D eigenvalue weighted by Crippen LogP contribution is 2.32. The van der Waals surface area contributed by atoms with E-state index < -0.39 is 0 Å². The zero-order valence-corrected chi connectivity index (χ0v) is 10.8. The van der Waals surface area contributed by atoms with Crippen molar-refractivity contribution < 1.29 is 9.21 Å². The Morgan fingerprint density at radius 2 is 2.26 bits per heavy atom. The van der Waals surface area contributed by atoms with Gasteiger partial charge in [-0.15, -0.1) is 0 Å². The van der Waals surface area contributed by atoms with E-state index in [1.165, 1.54) is 12.8 Å². The van der Waals surface area contributed by atoms with Crippen LogP contribution < -0.4 is 5.32 Å². The standard InChI is InChI=1S/C15H16N2O2/c1-10(11-4-5-11)17-15(18)14-7-6-13(19-14)12-3-2-8-16-9-12/h2-3,6-11H,4-5H2,1H3,(H,17,18). The van der Waals surface area contributed by atoms with Crippen molar-refractivity contribution in [1.82, 2.24) is 10.3 Å². The average molecular weight is 256 g/mol. The molecule has 98 valence electrons. The lowest BCUT2D eigenvalue weighted by Crippen LogP contribution is -2.33. The average Bonchev–Trinajstić information content (AvgIpc) is 3.17. The van der Waals surface area contributed by atoms with Gasteiger partial charge in [-0.3, -0.25) is 9.78 Å². The molecule has 0 aliphatic heterocycles. The molecule has 0 aromatic carbocycles. The quantitative estimate of drug-likeness (QED) is 0.915. The molecule has 1 saturated carbocycles. The van der Waals surface area contributed by atoms with Crippen molar-refractivity contribution in [3.05, 3.63) is 42.4 Å². The number of furan rings is 1. The molecule has 2 aromatic rings. The lowest BCUT2D eigenvalue weighted by molar-refractivity contribution is 0.0908. The van der Waals surface area contributed by atoms with Gasteiger partial charge in [0.25, 0.3) is 5.91 Å². The number of carbonyl (C=O) groups excluding carboxylic acids is 1. The number of carbonyl (C=O) groups is 1. The number of aromatic nitrogens is 1. The summed E-state index contributed by atoms with van der Waals surface area (Å²) in [5, 5.41) is 2.97. The number of nitrogens with one attached hydrogen (secondary N) is 1. The van der Waals surface area contributed by atoms with Crippen molar-refractivity contribution >= 4 is 5.91 Å². The summed E-state index contributed by atoms with van der Waals surface area (Å²) in [6.45, 7) is 2.04. The summed E-state index contributed by atoms with van der Waals surface area (Å²) >= 11 is 0. The van der Waals surface area contributed by atoms with Crippen LogP contribution >= 0.6 is 0 Å². The van der Waals surface area contributed by atoms with E-state index in [2.05, 4.69) is 10.3 Å². The molecule has 1 N–H and O–H groups in total. The van der Waals surface area contributed by atoms with Crippen LogP contribution in [0.2, 0.25) is 0 Å². The van der Waals surface area contributed by atoms with Crippen molar-refractivity contribution in [2.45, 2.75) is 25.8 Å². The first-order valence-electron chi connectivity index (χ1n) is 6.55. The van der Waals surface area contributed by atoms with Gasteiger partial charge in [-0.1, -0.05) is 0 Å². The molecular formula is C15H16N2O2. The Bertz CT molecular complexity index is 573. The van der Waals surface area contributed by atoms with Gasteiger partial charge in [-0.05, 0) is 49.9 Å². The molecule has 4 heteroatoms. The monoisotopic (exact) mass is 256 g/mol. The summed E-state index contributed by atoms with van der Waals surface area (Å²) in [6, 6.07) is 7.47. The predicted molar refractivity (Wildman–Crippen MR) is 71.6 cm³/mol. The van der Waals surface area contributed by atoms with Gasteiger partial charge in [-0.2, -0.15) is 0 Å². The highest BCUT2D eigenvalue weighted by molar-refractivity contribution is 5.92. The summed E-state index contributed by atoms with van der Waals surface area (Å²) < 4.78 is 5.58. The van der Waals surface area contributed by atoms with Crippen molar-refractivity contribution in [3.8, 4) is 11.3 Å². The maximum Gasteiger partial charge on any atom is 0.287 e. The number of hydrogen-bond donors (Lipinski definition) is 1. The van der Waals surface area contributed by atoms with Gasteiger partial charge >= 0.3 is 0 Å². The Labute approximate surface area is 111 Å². The first kappa shape index (κ1) is 12.0. The lowest BCUT2D eigenvalue weighted by atomic mass is 10.2. The van der Waals surface area contributed by atoms with Gasteiger partial charge in [0.15, 0.2) is 5.76 Å². The van der Waals surface area contributed by atoms with E-state index in [4.69, 9.17) is 4.42 Å². The third-order valence-electron chi connectivity index (χ3n) is 3.46. The van der Waals surface area contributed by atoms with Gasteiger partial charge in [0.05, 0.1) is 0 Å². The fourth-order valence-electron chi connectivity index (χ4n) is 2.12. The van der Waals surface area contributed by atoms with Crippen LogP contribution in [-0.4, -0.2) is 16.9 Å². The minimum Gasteiger partial charge on any atom is -0.451 e. The van der Waals surface area contributed by atoms with Crippen molar-refractivity contribution in [2.24, 2.45) is 5.92 Å². The highest BCUT2D eigenvalue weighted by atomic mass is 16.3. The number of pyridine rings is 1. The largest absolute Gasteiger partial charge is 0.451 e. The second-order valence-corrected chi connectivity index (χ2v) is 5.01. The number of rotatable bonds is 4. The molecule has 2 aromatic heterocycles. The van der Waals surface area contributed by atoms with E-state index in [1.807, 2.05) is 19.1 Å². The Morgan fingerprint density at radius 3 is 2.95 bits per heavy atom. The topological polar surface area (TPSA) is 55.1 Å². The molecule has 1 aliphatic carbocycles. The molecular weight excluding hydrogens is 240 g/mol. The molecule has 0 spiro atoms. The highest BCUT2D eigenvalue weighted by Gasteiger charge is 2.29. The molecule has 2 heterocycles. The zero-order valence-electron chi connectivity index (χ0n) is 10.8. The summed E-state index contributed by atoms with van der Waals surface area (Å²) in [6.07, 6.45) is 5.84. The van der Waals surface area contributed by atoms with E-state index in [9.17, 15) is 4.79 Å². The first-order chi connectivity index (χ1) is 9.24. The number of hydrogen-bond acceptors (Lipinski definition) is 3. The first-order valence-corrected chi connectivity index (χ1v) is 6.55. The third-order valence-corrected chi connectivity index (χ3v) is 3.46. The molecule has 1 unspecified atom stereocenters. The summed E-state index contributed by atoms with van der Waals surface area (Å²) in [7, 11) is 0. The second kappa shape index (κ2) is 4.88. The van der Waals surface area contributed by atoms with Gasteiger partial charge in [0.1, 0.15) is 5.76 Å². The maximum atomic E-state index is 12.0. The van der Waals surface area contributed by atoms with Crippen LogP contribution in [0.15, 0.2) is 41.1 Å². The molecule has 1 atom stereocenters. The molecule has 1 amide bonds. The third kappa shape index (κ3) is 2.67. The Morgan fingerprint density at radius 1 is 1.42 bits per heavy atom. The Balaban J connectivity index is 1.72. The number of nitrogens with zero attached hydrogens (tertiary/aromatic N) is 1. The van der Waals surface area contributed by atoms with Crippen LogP contribution in [0.1, 0.15) is 30.3 Å². The van der Waals surface area contributed by atoms with Crippen LogP contribution in [-0.2, 0) is 0 Å². The summed E-state index contributed by atoms with van der Waals surface area (Å²) in [4.78, 5) is 16.0. The van der Waals surface area contributed by atoms with Gasteiger partial charge < -0.3 is 9.73 Å². The Hall–Kier alpha value is -2.10. The summed E-state index contributed by atoms with van der Waals surface area (Å²) in [5.74, 6) is 1.51. The van der Waals surface area contributed by atoms with E-state index >= 15 is 0 Å². The van der Waals surface area contributed by atoms with E-state index in [1.54, 1.807) is 24.5 Å². The molecule has 3 rings (SSSR count). The van der Waals surface area contributed by atoms with Crippen LogP contribution in [0, 0.1) is 5.92 Å². The smallest absolute Gasteiger partial charge is 0.287 e. The van der Waals surface area contributed by atoms with Crippen molar-refractivity contribution in [1.29, 1.82) is 0 Å². The van der Waals surface area contributed by atoms with Crippen molar-refractivity contribution in [2.75, 3.05) is 0 Å². The van der Waals surface area contributed by atoms with Crippen molar-refractivity contribution in [3.63, 3.8) is 0 Å². The van der Waals surface area contributed by atoms with Crippen LogP contribution in [0.3, 0.4) is 0 Å². The van der Waals surface area contributed by atoms with E-state index in [0.29, 0.717) is 17.4 Å². The molecule has 0 saturated heterocycles. The zero-order chi connectivity index (χ0) is 13.2. The normalized spacial score (nSPS) is 16.1. The molecule has 1 fully saturated rings. The molecule has 0 bridgehead atoms. The SMILES string of the molecule is CC(NC(=O)c1ccc(-c2cccnc2)o1)C1CC1. The van der Waals surface area contributed by atoms with Gasteiger partial charge in [0, 0.05) is 24.0 Å². The van der Waals surface area contributed by atoms with Crippen LogP contribution in [0.4, 0.5) is 0 Å². The minimum absolute atomic E-state index is 0.144. The van der Waals surface area contributed by atoms with Crippen LogP contribution in [0.25, 0.3) is 11.3 Å². The van der Waals surface area contributed by atoms with Gasteiger partial charge in [0.2, 0.25) is 0 Å². The maximum absolute atomic E-state index is 12.0. The molecule has 0 radical (unpaired) electrons. The fourth-order valence-corrected chi connectivity index (χ4v) is 2.12. The molecule has 1 aliphatic rings.